The maximum Gasteiger partial charge on any atom is 0.261 e. The minimum atomic E-state index is -0.285. The second kappa shape index (κ2) is 7.98. The molecule has 29 heavy (non-hydrogen) atoms. The van der Waals surface area contributed by atoms with Gasteiger partial charge in [-0.3, -0.25) is 19.3 Å². The topological polar surface area (TPSA) is 92.7 Å². The normalized spacial score (nSPS) is 18.3. The van der Waals surface area contributed by atoms with Crippen molar-refractivity contribution in [3.63, 3.8) is 0 Å². The average Bonchev–Trinajstić information content (AvgIpc) is 3.29. The van der Waals surface area contributed by atoms with Gasteiger partial charge < -0.3 is 9.64 Å². The van der Waals surface area contributed by atoms with Gasteiger partial charge >= 0.3 is 0 Å². The van der Waals surface area contributed by atoms with E-state index >= 15 is 0 Å². The van der Waals surface area contributed by atoms with Crippen LogP contribution in [0.4, 0.5) is 0 Å². The summed E-state index contributed by atoms with van der Waals surface area (Å²) in [5, 5.41) is 7.96. The average molecular weight is 394 g/mol. The first-order chi connectivity index (χ1) is 14.0. The molecule has 2 aromatic rings. The number of fused-ring (bicyclic) bond motifs is 1. The zero-order valence-corrected chi connectivity index (χ0v) is 16.2. The van der Waals surface area contributed by atoms with E-state index in [-0.39, 0.29) is 36.8 Å². The summed E-state index contributed by atoms with van der Waals surface area (Å²) >= 11 is 0. The smallest absolute Gasteiger partial charge is 0.261 e. The van der Waals surface area contributed by atoms with E-state index in [0.29, 0.717) is 36.5 Å². The molecule has 3 amide bonds. The summed E-state index contributed by atoms with van der Waals surface area (Å²) in [6.45, 7) is 3.22. The molecular formula is C21H22N4O4. The Morgan fingerprint density at radius 2 is 1.83 bits per heavy atom. The van der Waals surface area contributed by atoms with Crippen LogP contribution in [0, 0.1) is 6.92 Å². The number of imide groups is 1. The van der Waals surface area contributed by atoms with Crippen LogP contribution in [0.1, 0.15) is 45.7 Å². The lowest BCUT2D eigenvalue weighted by Gasteiger charge is -2.18. The molecule has 0 radical (unpaired) electrons. The van der Waals surface area contributed by atoms with Crippen LogP contribution in [0.3, 0.4) is 0 Å². The van der Waals surface area contributed by atoms with E-state index < -0.39 is 0 Å². The van der Waals surface area contributed by atoms with Crippen LogP contribution < -0.4 is 4.74 Å². The fraction of sp³-hybridized carbons (Fsp3) is 0.381. The summed E-state index contributed by atoms with van der Waals surface area (Å²) in [7, 11) is 0. The van der Waals surface area contributed by atoms with Crippen molar-refractivity contribution >= 4 is 17.7 Å². The quantitative estimate of drug-likeness (QED) is 0.694. The molecule has 1 aromatic heterocycles. The molecule has 0 N–H and O–H groups in total. The van der Waals surface area contributed by atoms with E-state index in [2.05, 4.69) is 10.2 Å². The number of aromatic nitrogens is 2. The number of amides is 3. The highest BCUT2D eigenvalue weighted by Gasteiger charge is 2.35. The van der Waals surface area contributed by atoms with E-state index in [1.165, 1.54) is 4.90 Å². The Bertz CT molecular complexity index is 909. The van der Waals surface area contributed by atoms with Crippen LogP contribution >= 0.6 is 0 Å². The van der Waals surface area contributed by atoms with Gasteiger partial charge in [0.05, 0.1) is 23.4 Å². The Hall–Kier alpha value is -3.29. The summed E-state index contributed by atoms with van der Waals surface area (Å²) in [5.74, 6) is -0.109. The van der Waals surface area contributed by atoms with E-state index in [1.54, 1.807) is 35.2 Å². The third-order valence-corrected chi connectivity index (χ3v) is 5.21. The highest BCUT2D eigenvalue weighted by atomic mass is 16.5. The fourth-order valence-corrected chi connectivity index (χ4v) is 3.66. The minimum absolute atomic E-state index is 0.00250. The highest BCUT2D eigenvalue weighted by molar-refractivity contribution is 6.21. The molecule has 2 aliphatic heterocycles. The van der Waals surface area contributed by atoms with Gasteiger partial charge in [-0.1, -0.05) is 12.1 Å². The second-order valence-electron chi connectivity index (χ2n) is 7.29. The number of rotatable bonds is 6. The molecule has 150 valence electrons. The Labute approximate surface area is 168 Å². The van der Waals surface area contributed by atoms with Gasteiger partial charge in [0.2, 0.25) is 11.8 Å². The predicted octanol–water partition coefficient (Wildman–Crippen LogP) is 1.84. The number of carbonyl (C=O) groups excluding carboxylic acids is 3. The Morgan fingerprint density at radius 1 is 1.10 bits per heavy atom. The lowest BCUT2D eigenvalue weighted by molar-refractivity contribution is -0.130. The molecule has 3 heterocycles. The highest BCUT2D eigenvalue weighted by Crippen LogP contribution is 2.23. The number of likely N-dealkylation sites (tertiary alicyclic amines) is 1. The van der Waals surface area contributed by atoms with Crippen LogP contribution in [0.25, 0.3) is 0 Å². The molecule has 1 saturated heterocycles. The predicted molar refractivity (Wildman–Crippen MR) is 103 cm³/mol. The first kappa shape index (κ1) is 19.0. The lowest BCUT2D eigenvalue weighted by atomic mass is 10.1. The summed E-state index contributed by atoms with van der Waals surface area (Å²) < 4.78 is 5.80. The first-order valence-corrected chi connectivity index (χ1v) is 9.73. The van der Waals surface area contributed by atoms with Crippen LogP contribution in [0.15, 0.2) is 36.4 Å². The summed E-state index contributed by atoms with van der Waals surface area (Å²) in [6.07, 6.45) is 1.35. The zero-order valence-electron chi connectivity index (χ0n) is 16.2. The van der Waals surface area contributed by atoms with Crippen molar-refractivity contribution in [3.05, 3.63) is 53.2 Å². The molecule has 8 heteroatoms. The Kier molecular flexibility index (Phi) is 5.24. The van der Waals surface area contributed by atoms with Gasteiger partial charge in [-0.25, -0.2) is 0 Å². The lowest BCUT2D eigenvalue weighted by Crippen LogP contribution is -2.33. The Morgan fingerprint density at radius 3 is 2.48 bits per heavy atom. The van der Waals surface area contributed by atoms with E-state index in [9.17, 15) is 14.4 Å². The van der Waals surface area contributed by atoms with Gasteiger partial charge in [0.15, 0.2) is 0 Å². The van der Waals surface area contributed by atoms with Gasteiger partial charge in [-0.15, -0.1) is 5.10 Å². The van der Waals surface area contributed by atoms with Crippen molar-refractivity contribution in [1.82, 2.24) is 20.0 Å². The molecule has 0 spiro atoms. The van der Waals surface area contributed by atoms with Crippen molar-refractivity contribution < 1.29 is 19.1 Å². The number of hydrogen-bond acceptors (Lipinski definition) is 6. The second-order valence-corrected chi connectivity index (χ2v) is 7.29. The number of benzene rings is 1. The molecule has 1 atom stereocenters. The molecule has 2 aliphatic rings. The van der Waals surface area contributed by atoms with Crippen molar-refractivity contribution in [2.75, 3.05) is 19.6 Å². The molecule has 8 nitrogen and oxygen atoms in total. The Balaban J connectivity index is 1.24. The maximum atomic E-state index is 12.5. The minimum Gasteiger partial charge on any atom is -0.471 e. The number of ether oxygens (including phenoxy) is 1. The standard InChI is InChI=1S/C21H22N4O4/c1-14-8-9-18(23-22-14)29-15-10-12-24(13-15)19(26)7-4-11-25-20(27)16-5-2-3-6-17(16)21(25)28/h2-3,5-6,8-9,15H,4,7,10-13H2,1H3. The van der Waals surface area contributed by atoms with Crippen molar-refractivity contribution in [1.29, 1.82) is 0 Å². The first-order valence-electron chi connectivity index (χ1n) is 9.73. The number of aryl methyl sites for hydroxylation is 1. The van der Waals surface area contributed by atoms with Crippen LogP contribution in [-0.2, 0) is 4.79 Å². The van der Waals surface area contributed by atoms with Gasteiger partial charge in [0, 0.05) is 32.0 Å². The molecule has 1 unspecified atom stereocenters. The molecular weight excluding hydrogens is 372 g/mol. The van der Waals surface area contributed by atoms with E-state index in [4.69, 9.17) is 4.74 Å². The molecule has 0 saturated carbocycles. The molecule has 1 fully saturated rings. The van der Waals surface area contributed by atoms with E-state index in [1.807, 2.05) is 13.0 Å². The van der Waals surface area contributed by atoms with Crippen LogP contribution in [-0.4, -0.2) is 63.5 Å². The molecule has 4 rings (SSSR count). The molecule has 0 bridgehead atoms. The van der Waals surface area contributed by atoms with Gasteiger partial charge in [0.25, 0.3) is 11.8 Å². The maximum absolute atomic E-state index is 12.5. The summed E-state index contributed by atoms with van der Waals surface area (Å²) in [5.41, 5.74) is 1.68. The van der Waals surface area contributed by atoms with Gasteiger partial charge in [-0.05, 0) is 31.5 Å². The summed E-state index contributed by atoms with van der Waals surface area (Å²) in [6, 6.07) is 10.4. The molecule has 0 aliphatic carbocycles. The zero-order chi connectivity index (χ0) is 20.4. The SMILES string of the molecule is Cc1ccc(OC2CCN(C(=O)CCCN3C(=O)c4ccccc4C3=O)C2)nn1. The largest absolute Gasteiger partial charge is 0.471 e. The third kappa shape index (κ3) is 3.96. The van der Waals surface area contributed by atoms with Crippen LogP contribution in [0.5, 0.6) is 5.88 Å². The van der Waals surface area contributed by atoms with Gasteiger partial charge in [0.1, 0.15) is 6.10 Å². The monoisotopic (exact) mass is 394 g/mol. The molecule has 1 aromatic carbocycles. The van der Waals surface area contributed by atoms with Gasteiger partial charge in [-0.2, -0.15) is 5.10 Å². The van der Waals surface area contributed by atoms with Crippen molar-refractivity contribution in [3.8, 4) is 5.88 Å². The number of carbonyl (C=O) groups is 3. The third-order valence-electron chi connectivity index (χ3n) is 5.21. The number of nitrogens with zero attached hydrogens (tertiary/aromatic N) is 4. The fourth-order valence-electron chi connectivity index (χ4n) is 3.66. The van der Waals surface area contributed by atoms with Crippen LogP contribution in [0.2, 0.25) is 0 Å². The summed E-state index contributed by atoms with van der Waals surface area (Å²) in [4.78, 5) is 40.2. The van der Waals surface area contributed by atoms with Crippen molar-refractivity contribution in [2.45, 2.75) is 32.3 Å². The van der Waals surface area contributed by atoms with Crippen molar-refractivity contribution in [2.24, 2.45) is 0 Å². The number of hydrogen-bond donors (Lipinski definition) is 0. The van der Waals surface area contributed by atoms with E-state index in [0.717, 1.165) is 12.1 Å².